The maximum absolute atomic E-state index is 12.4. The van der Waals surface area contributed by atoms with Crippen molar-refractivity contribution in [3.63, 3.8) is 0 Å². The van der Waals surface area contributed by atoms with Crippen molar-refractivity contribution in [1.82, 2.24) is 0 Å². The third-order valence-electron chi connectivity index (χ3n) is 3.36. The lowest BCUT2D eigenvalue weighted by atomic mass is 10.2. The van der Waals surface area contributed by atoms with Crippen molar-refractivity contribution in [3.8, 4) is 0 Å². The van der Waals surface area contributed by atoms with Gasteiger partial charge < -0.3 is 9.64 Å². The Morgan fingerprint density at radius 1 is 1.47 bits per heavy atom. The normalized spacial score (nSPS) is 15.4. The van der Waals surface area contributed by atoms with Gasteiger partial charge in [-0.1, -0.05) is 18.2 Å². The van der Waals surface area contributed by atoms with Crippen LogP contribution in [0.2, 0.25) is 0 Å². The lowest BCUT2D eigenvalue weighted by Crippen LogP contribution is -2.35. The van der Waals surface area contributed by atoms with Gasteiger partial charge in [0.1, 0.15) is 0 Å². The molecule has 104 valence electrons. The first-order valence-corrected chi connectivity index (χ1v) is 7.78. The first-order chi connectivity index (χ1) is 9.24. The maximum Gasteiger partial charge on any atom is 0.239 e. The number of ether oxygens (including phenoxy) is 1. The molecule has 19 heavy (non-hydrogen) atoms. The Bertz CT molecular complexity index is 436. The van der Waals surface area contributed by atoms with Crippen molar-refractivity contribution in [2.24, 2.45) is 0 Å². The minimum atomic E-state index is 0.0167. The molecule has 1 atom stereocenters. The highest BCUT2D eigenvalue weighted by molar-refractivity contribution is 8.00. The fraction of sp³-hybridized carbons (Fsp3) is 0.533. The highest BCUT2D eigenvalue weighted by Gasteiger charge is 2.27. The third-order valence-corrected chi connectivity index (χ3v) is 4.59. The van der Waals surface area contributed by atoms with E-state index in [0.29, 0.717) is 0 Å². The summed E-state index contributed by atoms with van der Waals surface area (Å²) >= 11 is 1.71. The summed E-state index contributed by atoms with van der Waals surface area (Å²) in [4.78, 5) is 14.4. The van der Waals surface area contributed by atoms with Gasteiger partial charge in [-0.15, -0.1) is 11.8 Å². The van der Waals surface area contributed by atoms with E-state index in [-0.39, 0.29) is 11.2 Å². The number of hydrogen-bond acceptors (Lipinski definition) is 3. The molecule has 0 bridgehead atoms. The van der Waals surface area contributed by atoms with Gasteiger partial charge in [-0.3, -0.25) is 4.79 Å². The molecule has 1 heterocycles. The molecule has 1 aliphatic rings. The molecule has 3 nitrogen and oxygen atoms in total. The molecule has 1 aromatic carbocycles. The second-order valence-electron chi connectivity index (χ2n) is 4.73. The smallest absolute Gasteiger partial charge is 0.239 e. The molecule has 1 aromatic rings. The minimum absolute atomic E-state index is 0.0167. The Kier molecular flexibility index (Phi) is 5.28. The summed E-state index contributed by atoms with van der Waals surface area (Å²) in [6, 6.07) is 8.19. The van der Waals surface area contributed by atoms with E-state index in [9.17, 15) is 4.79 Å². The van der Waals surface area contributed by atoms with Gasteiger partial charge in [0.25, 0.3) is 0 Å². The number of para-hydroxylation sites is 1. The van der Waals surface area contributed by atoms with Crippen LogP contribution in [-0.4, -0.2) is 37.2 Å². The molecule has 0 unspecified atom stereocenters. The van der Waals surface area contributed by atoms with Crippen LogP contribution in [0, 0.1) is 0 Å². The number of thioether (sulfide) groups is 1. The van der Waals surface area contributed by atoms with E-state index in [2.05, 4.69) is 6.07 Å². The van der Waals surface area contributed by atoms with Gasteiger partial charge in [0.05, 0.1) is 5.25 Å². The second kappa shape index (κ2) is 6.96. The summed E-state index contributed by atoms with van der Waals surface area (Å²) in [5.41, 5.74) is 2.38. The summed E-state index contributed by atoms with van der Waals surface area (Å²) in [6.45, 7) is 3.59. The molecule has 0 N–H and O–H groups in total. The zero-order valence-electron chi connectivity index (χ0n) is 11.6. The Morgan fingerprint density at radius 3 is 3.05 bits per heavy atom. The van der Waals surface area contributed by atoms with Crippen LogP contribution in [0.5, 0.6) is 0 Å². The van der Waals surface area contributed by atoms with Gasteiger partial charge >= 0.3 is 0 Å². The Morgan fingerprint density at radius 2 is 2.26 bits per heavy atom. The Balaban J connectivity index is 1.90. The average molecular weight is 279 g/mol. The van der Waals surface area contributed by atoms with Crippen LogP contribution in [0.1, 0.15) is 18.9 Å². The predicted molar refractivity (Wildman–Crippen MR) is 80.9 cm³/mol. The van der Waals surface area contributed by atoms with Crippen LogP contribution in [0.3, 0.4) is 0 Å². The number of carbonyl (C=O) groups excluding carboxylic acids is 1. The second-order valence-corrected chi connectivity index (χ2v) is 6.18. The summed E-state index contributed by atoms with van der Waals surface area (Å²) in [5, 5.41) is 0.0167. The van der Waals surface area contributed by atoms with Crippen molar-refractivity contribution in [3.05, 3.63) is 29.8 Å². The van der Waals surface area contributed by atoms with Crippen LogP contribution in [0.25, 0.3) is 0 Å². The van der Waals surface area contributed by atoms with Gasteiger partial charge in [-0.2, -0.15) is 0 Å². The van der Waals surface area contributed by atoms with Crippen LogP contribution in [0.4, 0.5) is 5.69 Å². The van der Waals surface area contributed by atoms with Crippen LogP contribution < -0.4 is 4.90 Å². The van der Waals surface area contributed by atoms with Gasteiger partial charge in [0, 0.05) is 25.9 Å². The molecule has 0 aromatic heterocycles. The molecule has 1 aliphatic heterocycles. The fourth-order valence-electron chi connectivity index (χ4n) is 2.32. The largest absolute Gasteiger partial charge is 0.385 e. The lowest BCUT2D eigenvalue weighted by molar-refractivity contribution is -0.117. The number of rotatable bonds is 6. The monoisotopic (exact) mass is 279 g/mol. The number of fused-ring (bicyclic) bond motifs is 1. The standard InChI is InChI=1S/C15H21NO2S/c1-12(19-11-5-10-18-2)15(17)16-9-8-13-6-3-4-7-14(13)16/h3-4,6-7,12H,5,8-11H2,1-2H3/t12-/m1/s1. The van der Waals surface area contributed by atoms with Gasteiger partial charge in [0.2, 0.25) is 5.91 Å². The Labute approximate surface area is 119 Å². The summed E-state index contributed by atoms with van der Waals surface area (Å²) < 4.78 is 5.02. The summed E-state index contributed by atoms with van der Waals surface area (Å²) in [5.74, 6) is 1.20. The minimum Gasteiger partial charge on any atom is -0.385 e. The lowest BCUT2D eigenvalue weighted by Gasteiger charge is -2.21. The summed E-state index contributed by atoms with van der Waals surface area (Å²) in [6.07, 6.45) is 1.97. The van der Waals surface area contributed by atoms with E-state index in [4.69, 9.17) is 4.74 Å². The zero-order valence-corrected chi connectivity index (χ0v) is 12.4. The van der Waals surface area contributed by atoms with E-state index in [0.717, 1.165) is 37.4 Å². The topological polar surface area (TPSA) is 29.5 Å². The first-order valence-electron chi connectivity index (χ1n) is 6.74. The fourth-order valence-corrected chi connectivity index (χ4v) is 3.23. The van der Waals surface area contributed by atoms with Gasteiger partial charge in [-0.25, -0.2) is 0 Å². The number of carbonyl (C=O) groups is 1. The molecule has 2 rings (SSSR count). The van der Waals surface area contributed by atoms with E-state index in [1.807, 2.05) is 30.0 Å². The molecular formula is C15H21NO2S. The molecule has 0 saturated carbocycles. The number of benzene rings is 1. The highest BCUT2D eigenvalue weighted by Crippen LogP contribution is 2.29. The average Bonchev–Trinajstić information content (AvgIpc) is 2.86. The van der Waals surface area contributed by atoms with Crippen LogP contribution >= 0.6 is 11.8 Å². The first kappa shape index (κ1) is 14.4. The molecule has 1 amide bonds. The van der Waals surface area contributed by atoms with Crippen molar-refractivity contribution in [2.45, 2.75) is 25.0 Å². The molecule has 0 spiro atoms. The molecule has 0 radical (unpaired) electrons. The van der Waals surface area contributed by atoms with E-state index >= 15 is 0 Å². The van der Waals surface area contributed by atoms with Crippen molar-refractivity contribution in [2.75, 3.05) is 30.9 Å². The van der Waals surface area contributed by atoms with E-state index in [1.165, 1.54) is 5.56 Å². The number of anilines is 1. The van der Waals surface area contributed by atoms with Gasteiger partial charge in [-0.05, 0) is 37.1 Å². The zero-order chi connectivity index (χ0) is 13.7. The molecule has 0 saturated heterocycles. The van der Waals surface area contributed by atoms with E-state index in [1.54, 1.807) is 18.9 Å². The number of methoxy groups -OCH3 is 1. The predicted octanol–water partition coefficient (Wildman–Crippen LogP) is 2.73. The van der Waals surface area contributed by atoms with Crippen LogP contribution in [0.15, 0.2) is 24.3 Å². The molecule has 4 heteroatoms. The van der Waals surface area contributed by atoms with Gasteiger partial charge in [0.15, 0.2) is 0 Å². The molecule has 0 fully saturated rings. The molecule has 0 aliphatic carbocycles. The van der Waals surface area contributed by atoms with E-state index < -0.39 is 0 Å². The highest BCUT2D eigenvalue weighted by atomic mass is 32.2. The van der Waals surface area contributed by atoms with Crippen LogP contribution in [-0.2, 0) is 16.0 Å². The van der Waals surface area contributed by atoms with Crippen molar-refractivity contribution < 1.29 is 9.53 Å². The Hall–Kier alpha value is -1.00. The maximum atomic E-state index is 12.4. The number of hydrogen-bond donors (Lipinski definition) is 0. The number of amides is 1. The van der Waals surface area contributed by atoms with Crippen molar-refractivity contribution in [1.29, 1.82) is 0 Å². The number of nitrogens with zero attached hydrogens (tertiary/aromatic N) is 1. The quantitative estimate of drug-likeness (QED) is 0.750. The molecular weight excluding hydrogens is 258 g/mol. The third kappa shape index (κ3) is 3.51. The summed E-state index contributed by atoms with van der Waals surface area (Å²) in [7, 11) is 1.71. The van der Waals surface area contributed by atoms with Crippen molar-refractivity contribution >= 4 is 23.4 Å². The SMILES string of the molecule is COCCCS[C@H](C)C(=O)N1CCc2ccccc21.